The Kier molecular flexibility index (Phi) is 6.19. The van der Waals surface area contributed by atoms with Gasteiger partial charge >= 0.3 is 0 Å². The largest absolute Gasteiger partial charge is 0.482 e. The predicted octanol–water partition coefficient (Wildman–Crippen LogP) is 4.25. The Balaban J connectivity index is 1.88. The SMILES string of the molecule is Cc1cc(C)c(OCC(=O)NN=Cc2cccc(Cl)c2)c(Br)c1. The monoisotopic (exact) mass is 394 g/mol. The Morgan fingerprint density at radius 3 is 2.83 bits per heavy atom. The third-order valence-corrected chi connectivity index (χ3v) is 3.80. The number of amides is 1. The van der Waals surface area contributed by atoms with Crippen LogP contribution in [0.3, 0.4) is 0 Å². The van der Waals surface area contributed by atoms with Crippen LogP contribution >= 0.6 is 27.5 Å². The topological polar surface area (TPSA) is 50.7 Å². The summed E-state index contributed by atoms with van der Waals surface area (Å²) >= 11 is 9.31. The standard InChI is InChI=1S/C17H16BrClN2O2/c1-11-6-12(2)17(15(18)7-11)23-10-16(22)21-20-9-13-4-3-5-14(19)8-13/h3-9H,10H2,1-2H3,(H,21,22). The molecule has 0 fully saturated rings. The first kappa shape index (κ1) is 17.5. The molecule has 1 amide bonds. The minimum absolute atomic E-state index is 0.116. The zero-order valence-corrected chi connectivity index (χ0v) is 15.1. The molecule has 0 aliphatic rings. The fourth-order valence-electron chi connectivity index (χ4n) is 2.02. The molecule has 120 valence electrons. The van der Waals surface area contributed by atoms with E-state index in [1.54, 1.807) is 12.1 Å². The van der Waals surface area contributed by atoms with Gasteiger partial charge in [-0.25, -0.2) is 5.43 Å². The van der Waals surface area contributed by atoms with Crippen molar-refractivity contribution in [3.8, 4) is 5.75 Å². The van der Waals surface area contributed by atoms with Crippen molar-refractivity contribution in [1.29, 1.82) is 0 Å². The van der Waals surface area contributed by atoms with Crippen LogP contribution in [0.2, 0.25) is 5.02 Å². The molecule has 0 heterocycles. The minimum Gasteiger partial charge on any atom is -0.482 e. The highest BCUT2D eigenvalue weighted by atomic mass is 79.9. The first-order chi connectivity index (χ1) is 11.0. The lowest BCUT2D eigenvalue weighted by Gasteiger charge is -2.11. The van der Waals surface area contributed by atoms with Gasteiger partial charge in [-0.1, -0.05) is 29.8 Å². The van der Waals surface area contributed by atoms with E-state index in [0.717, 1.165) is 21.2 Å². The van der Waals surface area contributed by atoms with Crippen molar-refractivity contribution < 1.29 is 9.53 Å². The average molecular weight is 396 g/mol. The lowest BCUT2D eigenvalue weighted by Crippen LogP contribution is -2.24. The quantitative estimate of drug-likeness (QED) is 0.608. The Labute approximate surface area is 148 Å². The van der Waals surface area contributed by atoms with E-state index in [4.69, 9.17) is 16.3 Å². The second-order valence-electron chi connectivity index (χ2n) is 5.03. The Bertz CT molecular complexity index is 724. The number of hydrazone groups is 1. The summed E-state index contributed by atoms with van der Waals surface area (Å²) in [6.45, 7) is 3.82. The number of carbonyl (C=O) groups excluding carboxylic acids is 1. The minimum atomic E-state index is -0.338. The Morgan fingerprint density at radius 1 is 1.35 bits per heavy atom. The molecule has 0 bridgehead atoms. The van der Waals surface area contributed by atoms with Crippen LogP contribution in [0.15, 0.2) is 46.0 Å². The molecule has 2 aromatic rings. The van der Waals surface area contributed by atoms with Gasteiger partial charge in [0, 0.05) is 5.02 Å². The van der Waals surface area contributed by atoms with E-state index in [0.29, 0.717) is 10.8 Å². The summed E-state index contributed by atoms with van der Waals surface area (Å²) in [6, 6.07) is 11.1. The van der Waals surface area contributed by atoms with Gasteiger partial charge in [0.05, 0.1) is 10.7 Å². The third kappa shape index (κ3) is 5.37. The van der Waals surface area contributed by atoms with Crippen LogP contribution < -0.4 is 10.2 Å². The summed E-state index contributed by atoms with van der Waals surface area (Å²) in [7, 11) is 0. The van der Waals surface area contributed by atoms with E-state index < -0.39 is 0 Å². The second kappa shape index (κ2) is 8.13. The van der Waals surface area contributed by atoms with Gasteiger partial charge in [0.15, 0.2) is 6.61 Å². The zero-order valence-electron chi connectivity index (χ0n) is 12.8. The smallest absolute Gasteiger partial charge is 0.277 e. The number of rotatable bonds is 5. The number of halogens is 2. The van der Waals surface area contributed by atoms with Crippen LogP contribution in [0, 0.1) is 13.8 Å². The molecule has 0 aromatic heterocycles. The van der Waals surface area contributed by atoms with Gasteiger partial charge in [0.2, 0.25) is 0 Å². The summed E-state index contributed by atoms with van der Waals surface area (Å²) in [5.74, 6) is 0.319. The second-order valence-corrected chi connectivity index (χ2v) is 6.32. The van der Waals surface area contributed by atoms with Crippen LogP contribution in [0.25, 0.3) is 0 Å². The molecule has 23 heavy (non-hydrogen) atoms. The van der Waals surface area contributed by atoms with Crippen LogP contribution in [-0.2, 0) is 4.79 Å². The van der Waals surface area contributed by atoms with Crippen LogP contribution in [0.4, 0.5) is 0 Å². The number of nitrogens with one attached hydrogen (secondary N) is 1. The zero-order chi connectivity index (χ0) is 16.8. The number of carbonyl (C=O) groups is 1. The molecule has 0 unspecified atom stereocenters. The number of nitrogens with zero attached hydrogens (tertiary/aromatic N) is 1. The van der Waals surface area contributed by atoms with Gasteiger partial charge in [-0.05, 0) is 64.7 Å². The summed E-state index contributed by atoms with van der Waals surface area (Å²) in [5.41, 5.74) is 5.31. The molecule has 0 atom stereocenters. The van der Waals surface area contributed by atoms with E-state index in [-0.39, 0.29) is 12.5 Å². The number of ether oxygens (including phenoxy) is 1. The van der Waals surface area contributed by atoms with Crippen molar-refractivity contribution in [2.24, 2.45) is 5.10 Å². The molecule has 2 aromatic carbocycles. The molecule has 0 spiro atoms. The predicted molar refractivity (Wildman–Crippen MR) is 96.3 cm³/mol. The Hall–Kier alpha value is -1.85. The van der Waals surface area contributed by atoms with E-state index in [2.05, 4.69) is 26.5 Å². The number of hydrogen-bond donors (Lipinski definition) is 1. The lowest BCUT2D eigenvalue weighted by atomic mass is 10.1. The summed E-state index contributed by atoms with van der Waals surface area (Å²) < 4.78 is 6.38. The highest BCUT2D eigenvalue weighted by Crippen LogP contribution is 2.30. The highest BCUT2D eigenvalue weighted by molar-refractivity contribution is 9.10. The van der Waals surface area contributed by atoms with Crippen LogP contribution in [-0.4, -0.2) is 18.7 Å². The van der Waals surface area contributed by atoms with Crippen molar-refractivity contribution in [2.75, 3.05) is 6.61 Å². The molecule has 0 aliphatic carbocycles. The molecule has 0 radical (unpaired) electrons. The fraction of sp³-hybridized carbons (Fsp3) is 0.176. The molecule has 0 saturated carbocycles. The maximum absolute atomic E-state index is 11.8. The highest BCUT2D eigenvalue weighted by Gasteiger charge is 2.08. The summed E-state index contributed by atoms with van der Waals surface area (Å²) in [4.78, 5) is 11.8. The van der Waals surface area contributed by atoms with Crippen molar-refractivity contribution in [2.45, 2.75) is 13.8 Å². The van der Waals surface area contributed by atoms with Gasteiger partial charge in [-0.15, -0.1) is 0 Å². The maximum atomic E-state index is 11.8. The molecule has 4 nitrogen and oxygen atoms in total. The van der Waals surface area contributed by atoms with Gasteiger partial charge < -0.3 is 4.74 Å². The average Bonchev–Trinajstić information content (AvgIpc) is 2.46. The summed E-state index contributed by atoms with van der Waals surface area (Å²) in [6.07, 6.45) is 1.52. The van der Waals surface area contributed by atoms with Gasteiger partial charge in [-0.3, -0.25) is 4.79 Å². The number of aryl methyl sites for hydroxylation is 2. The molecular formula is C17H16BrClN2O2. The molecule has 0 aliphatic heterocycles. The van der Waals surface area contributed by atoms with Gasteiger partial charge in [-0.2, -0.15) is 5.10 Å². The van der Waals surface area contributed by atoms with Crippen molar-refractivity contribution in [3.05, 3.63) is 62.6 Å². The van der Waals surface area contributed by atoms with Crippen molar-refractivity contribution in [3.63, 3.8) is 0 Å². The first-order valence-electron chi connectivity index (χ1n) is 6.92. The maximum Gasteiger partial charge on any atom is 0.277 e. The van der Waals surface area contributed by atoms with Gasteiger partial charge in [0.25, 0.3) is 5.91 Å². The molecular weight excluding hydrogens is 380 g/mol. The number of hydrogen-bond acceptors (Lipinski definition) is 3. The Morgan fingerprint density at radius 2 is 2.13 bits per heavy atom. The fourth-order valence-corrected chi connectivity index (χ4v) is 3.01. The first-order valence-corrected chi connectivity index (χ1v) is 8.10. The lowest BCUT2D eigenvalue weighted by molar-refractivity contribution is -0.123. The molecule has 1 N–H and O–H groups in total. The van der Waals surface area contributed by atoms with E-state index in [1.807, 2.05) is 38.1 Å². The van der Waals surface area contributed by atoms with Crippen LogP contribution in [0.1, 0.15) is 16.7 Å². The number of benzene rings is 2. The van der Waals surface area contributed by atoms with E-state index in [9.17, 15) is 4.79 Å². The summed E-state index contributed by atoms with van der Waals surface area (Å²) in [5, 5.41) is 4.49. The third-order valence-electron chi connectivity index (χ3n) is 2.97. The van der Waals surface area contributed by atoms with Crippen molar-refractivity contribution >= 4 is 39.7 Å². The van der Waals surface area contributed by atoms with E-state index in [1.165, 1.54) is 6.21 Å². The van der Waals surface area contributed by atoms with E-state index >= 15 is 0 Å². The van der Waals surface area contributed by atoms with Crippen LogP contribution in [0.5, 0.6) is 5.75 Å². The molecule has 6 heteroatoms. The van der Waals surface area contributed by atoms with Gasteiger partial charge in [0.1, 0.15) is 5.75 Å². The van der Waals surface area contributed by atoms with Crippen molar-refractivity contribution in [1.82, 2.24) is 5.43 Å². The normalized spacial score (nSPS) is 10.8. The molecule has 2 rings (SSSR count). The molecule has 0 saturated heterocycles.